The second kappa shape index (κ2) is 10.4. The number of hydrogen-bond donors (Lipinski definition) is 1. The van der Waals surface area contributed by atoms with E-state index in [9.17, 15) is 4.79 Å². The zero-order valence-corrected chi connectivity index (χ0v) is 17.1. The molecule has 0 aromatic heterocycles. The summed E-state index contributed by atoms with van der Waals surface area (Å²) < 4.78 is 0. The summed E-state index contributed by atoms with van der Waals surface area (Å²) in [6, 6.07) is 16.8. The molecule has 0 radical (unpaired) electrons. The van der Waals surface area contributed by atoms with Crippen LogP contribution < -0.4 is 5.32 Å². The Morgan fingerprint density at radius 3 is 2.15 bits per heavy atom. The number of carbonyl (C=O) groups excluding carboxylic acids is 1. The molecule has 0 saturated heterocycles. The minimum atomic E-state index is -0.111. The van der Waals surface area contributed by atoms with Crippen LogP contribution in [0.3, 0.4) is 0 Å². The summed E-state index contributed by atoms with van der Waals surface area (Å²) in [5.74, 6) is 0.0720. The maximum absolute atomic E-state index is 12.3. The normalized spacial score (nSPS) is 12.2. The Hall–Kier alpha value is -1.78. The second-order valence-electron chi connectivity index (χ2n) is 6.57. The van der Waals surface area contributed by atoms with Gasteiger partial charge in [-0.25, -0.2) is 0 Å². The molecule has 2 aromatic carbocycles. The van der Waals surface area contributed by atoms with Crippen LogP contribution in [0.2, 0.25) is 0 Å². The minimum absolute atomic E-state index is 0.0720. The number of thioether (sulfide) groups is 1. The van der Waals surface area contributed by atoms with Crippen LogP contribution in [0.15, 0.2) is 53.4 Å². The van der Waals surface area contributed by atoms with E-state index in [0.29, 0.717) is 6.54 Å². The van der Waals surface area contributed by atoms with E-state index in [-0.39, 0.29) is 11.2 Å². The van der Waals surface area contributed by atoms with Gasteiger partial charge in [-0.3, -0.25) is 9.69 Å². The highest BCUT2D eigenvalue weighted by molar-refractivity contribution is 8.00. The molecule has 0 aliphatic heterocycles. The van der Waals surface area contributed by atoms with E-state index in [2.05, 4.69) is 79.5 Å². The molecule has 0 fully saturated rings. The summed E-state index contributed by atoms with van der Waals surface area (Å²) in [5, 5.41) is 2.93. The molecule has 0 spiro atoms. The Bertz CT molecular complexity index is 678. The first-order valence-electron chi connectivity index (χ1n) is 9.33. The second-order valence-corrected chi connectivity index (χ2v) is 7.98. The number of amides is 1. The van der Waals surface area contributed by atoms with Gasteiger partial charge in [-0.2, -0.15) is 0 Å². The van der Waals surface area contributed by atoms with Crippen molar-refractivity contribution in [1.82, 2.24) is 10.2 Å². The minimum Gasteiger partial charge on any atom is -0.351 e. The quantitative estimate of drug-likeness (QED) is 0.653. The molecule has 140 valence electrons. The summed E-state index contributed by atoms with van der Waals surface area (Å²) in [5.41, 5.74) is 3.68. The summed E-state index contributed by atoms with van der Waals surface area (Å²) in [6.07, 6.45) is 0. The zero-order valence-electron chi connectivity index (χ0n) is 16.3. The molecule has 0 aliphatic rings. The number of nitrogens with one attached hydrogen (secondary N) is 1. The third-order valence-corrected chi connectivity index (χ3v) is 5.61. The van der Waals surface area contributed by atoms with E-state index < -0.39 is 0 Å². The molecule has 0 bridgehead atoms. The fourth-order valence-corrected chi connectivity index (χ4v) is 3.57. The van der Waals surface area contributed by atoms with Crippen LogP contribution in [0, 0.1) is 6.92 Å². The van der Waals surface area contributed by atoms with Gasteiger partial charge in [0.2, 0.25) is 5.91 Å². The molecule has 0 aliphatic carbocycles. The van der Waals surface area contributed by atoms with Gasteiger partial charge in [-0.1, -0.05) is 55.8 Å². The topological polar surface area (TPSA) is 32.3 Å². The van der Waals surface area contributed by atoms with Crippen molar-refractivity contribution in [3.63, 3.8) is 0 Å². The van der Waals surface area contributed by atoms with Crippen molar-refractivity contribution in [3.8, 4) is 0 Å². The molecule has 26 heavy (non-hydrogen) atoms. The third-order valence-electron chi connectivity index (χ3n) is 4.49. The van der Waals surface area contributed by atoms with Crippen LogP contribution in [0.5, 0.6) is 0 Å². The largest absolute Gasteiger partial charge is 0.351 e. The van der Waals surface area contributed by atoms with E-state index in [1.54, 1.807) is 11.8 Å². The van der Waals surface area contributed by atoms with Gasteiger partial charge in [0.15, 0.2) is 0 Å². The summed E-state index contributed by atoms with van der Waals surface area (Å²) in [6.45, 7) is 12.1. The van der Waals surface area contributed by atoms with Gasteiger partial charge in [-0.05, 0) is 50.2 Å². The molecule has 0 heterocycles. The number of carbonyl (C=O) groups is 1. The van der Waals surface area contributed by atoms with Gasteiger partial charge in [0.05, 0.1) is 5.25 Å². The van der Waals surface area contributed by atoms with Crippen molar-refractivity contribution in [1.29, 1.82) is 0 Å². The predicted molar refractivity (Wildman–Crippen MR) is 111 cm³/mol. The lowest BCUT2D eigenvalue weighted by Gasteiger charge is -2.18. The van der Waals surface area contributed by atoms with Gasteiger partial charge in [0, 0.05) is 18.0 Å². The molecular weight excluding hydrogens is 340 g/mol. The average Bonchev–Trinajstić information content (AvgIpc) is 2.66. The molecule has 3 nitrogen and oxygen atoms in total. The van der Waals surface area contributed by atoms with Crippen molar-refractivity contribution in [3.05, 3.63) is 65.2 Å². The number of hydrogen-bond acceptors (Lipinski definition) is 3. The average molecular weight is 371 g/mol. The molecule has 2 rings (SSSR count). The standard InChI is InChI=1S/C22H30N2OS/c1-5-24(6-2)16-20-11-9-19(10-12-20)15-23-22(25)18(4)26-21-13-7-17(3)8-14-21/h7-14,18H,5-6,15-16H2,1-4H3,(H,23,25). The smallest absolute Gasteiger partial charge is 0.233 e. The fourth-order valence-electron chi connectivity index (χ4n) is 2.68. The number of aryl methyl sites for hydroxylation is 1. The van der Waals surface area contributed by atoms with Crippen LogP contribution in [0.25, 0.3) is 0 Å². The summed E-state index contributed by atoms with van der Waals surface area (Å²) in [4.78, 5) is 15.9. The van der Waals surface area contributed by atoms with E-state index in [1.807, 2.05) is 6.92 Å². The van der Waals surface area contributed by atoms with Crippen LogP contribution in [-0.2, 0) is 17.9 Å². The van der Waals surface area contributed by atoms with Crippen LogP contribution in [0.1, 0.15) is 37.5 Å². The van der Waals surface area contributed by atoms with E-state index in [0.717, 1.165) is 30.1 Å². The lowest BCUT2D eigenvalue weighted by molar-refractivity contribution is -0.120. The zero-order chi connectivity index (χ0) is 18.9. The number of nitrogens with zero attached hydrogens (tertiary/aromatic N) is 1. The van der Waals surface area contributed by atoms with Gasteiger partial charge in [-0.15, -0.1) is 11.8 Å². The SMILES string of the molecule is CCN(CC)Cc1ccc(CNC(=O)C(C)Sc2ccc(C)cc2)cc1. The van der Waals surface area contributed by atoms with Crippen molar-refractivity contribution in [2.24, 2.45) is 0 Å². The lowest BCUT2D eigenvalue weighted by atomic mass is 10.1. The highest BCUT2D eigenvalue weighted by atomic mass is 32.2. The van der Waals surface area contributed by atoms with Crippen molar-refractivity contribution in [2.75, 3.05) is 13.1 Å². The third kappa shape index (κ3) is 6.50. The Kier molecular flexibility index (Phi) is 8.20. The molecule has 2 aromatic rings. The summed E-state index contributed by atoms with van der Waals surface area (Å²) in [7, 11) is 0. The predicted octanol–water partition coefficient (Wildman–Crippen LogP) is 4.63. The number of rotatable bonds is 9. The van der Waals surface area contributed by atoms with Gasteiger partial charge < -0.3 is 5.32 Å². The van der Waals surface area contributed by atoms with E-state index in [1.165, 1.54) is 11.1 Å². The lowest BCUT2D eigenvalue weighted by Crippen LogP contribution is -2.30. The number of benzene rings is 2. The maximum atomic E-state index is 12.3. The Morgan fingerprint density at radius 1 is 1.00 bits per heavy atom. The Morgan fingerprint density at radius 2 is 1.58 bits per heavy atom. The van der Waals surface area contributed by atoms with Gasteiger partial charge >= 0.3 is 0 Å². The fraction of sp³-hybridized carbons (Fsp3) is 0.409. The molecule has 0 saturated carbocycles. The first-order chi connectivity index (χ1) is 12.5. The Balaban J connectivity index is 1.81. The van der Waals surface area contributed by atoms with Crippen molar-refractivity contribution < 1.29 is 4.79 Å². The summed E-state index contributed by atoms with van der Waals surface area (Å²) >= 11 is 1.59. The van der Waals surface area contributed by atoms with Gasteiger partial charge in [0.1, 0.15) is 0 Å². The van der Waals surface area contributed by atoms with Gasteiger partial charge in [0.25, 0.3) is 0 Å². The molecule has 1 unspecified atom stereocenters. The van der Waals surface area contributed by atoms with Crippen molar-refractivity contribution >= 4 is 17.7 Å². The molecule has 1 atom stereocenters. The van der Waals surface area contributed by atoms with Crippen molar-refractivity contribution in [2.45, 2.75) is 50.9 Å². The molecule has 1 amide bonds. The van der Waals surface area contributed by atoms with E-state index in [4.69, 9.17) is 0 Å². The van der Waals surface area contributed by atoms with Crippen LogP contribution >= 0.6 is 11.8 Å². The molecule has 4 heteroatoms. The van der Waals surface area contributed by atoms with E-state index >= 15 is 0 Å². The first-order valence-corrected chi connectivity index (χ1v) is 10.2. The highest BCUT2D eigenvalue weighted by Crippen LogP contribution is 2.23. The highest BCUT2D eigenvalue weighted by Gasteiger charge is 2.14. The maximum Gasteiger partial charge on any atom is 0.233 e. The first kappa shape index (κ1) is 20.5. The Labute approximate surface area is 162 Å². The monoisotopic (exact) mass is 370 g/mol. The van der Waals surface area contributed by atoms with Crippen LogP contribution in [0.4, 0.5) is 0 Å². The molecular formula is C22H30N2OS. The van der Waals surface area contributed by atoms with Crippen LogP contribution in [-0.4, -0.2) is 29.1 Å². The molecule has 1 N–H and O–H groups in total.